The Morgan fingerprint density at radius 3 is 2.30 bits per heavy atom. The summed E-state index contributed by atoms with van der Waals surface area (Å²) in [6.07, 6.45) is 1.73. The van der Waals surface area contributed by atoms with E-state index in [4.69, 9.17) is 4.74 Å². The van der Waals surface area contributed by atoms with Crippen LogP contribution < -0.4 is 15.0 Å². The molecule has 0 atom stereocenters. The number of amides is 1. The van der Waals surface area contributed by atoms with E-state index >= 15 is 0 Å². The van der Waals surface area contributed by atoms with E-state index in [-0.39, 0.29) is 5.91 Å². The largest absolute Gasteiger partial charge is 0.494 e. The van der Waals surface area contributed by atoms with Crippen LogP contribution in [0.2, 0.25) is 0 Å². The van der Waals surface area contributed by atoms with Gasteiger partial charge in [-0.3, -0.25) is 4.79 Å². The van der Waals surface area contributed by atoms with Crippen LogP contribution in [0.25, 0.3) is 0 Å². The molecule has 0 radical (unpaired) electrons. The van der Waals surface area contributed by atoms with Crippen LogP contribution >= 0.6 is 0 Å². The predicted molar refractivity (Wildman–Crippen MR) is 109 cm³/mol. The second-order valence-electron chi connectivity index (χ2n) is 5.89. The molecule has 0 aliphatic rings. The quantitative estimate of drug-likeness (QED) is 0.651. The SMILES string of the molecule is CCOc1ccc(NC(=O)c2ccc(N(CC)c3ccccc3)cn2)cc1. The van der Waals surface area contributed by atoms with Crippen LogP contribution in [0, 0.1) is 0 Å². The molecule has 0 unspecified atom stereocenters. The fraction of sp³-hybridized carbons (Fsp3) is 0.182. The first-order valence-electron chi connectivity index (χ1n) is 9.04. The van der Waals surface area contributed by atoms with Gasteiger partial charge in [-0.05, 0) is 62.4 Å². The maximum atomic E-state index is 12.4. The van der Waals surface area contributed by atoms with E-state index < -0.39 is 0 Å². The normalized spacial score (nSPS) is 10.3. The van der Waals surface area contributed by atoms with E-state index in [0.29, 0.717) is 18.0 Å². The highest BCUT2D eigenvalue weighted by Crippen LogP contribution is 2.24. The van der Waals surface area contributed by atoms with Gasteiger partial charge in [-0.25, -0.2) is 4.98 Å². The minimum absolute atomic E-state index is 0.242. The standard InChI is InChI=1S/C22H23N3O2/c1-3-25(18-8-6-5-7-9-18)19-12-15-21(23-16-19)22(26)24-17-10-13-20(14-11-17)27-4-2/h5-16H,3-4H2,1-2H3,(H,24,26). The van der Waals surface area contributed by atoms with Gasteiger partial charge in [0.25, 0.3) is 5.91 Å². The van der Waals surface area contributed by atoms with Gasteiger partial charge >= 0.3 is 0 Å². The fourth-order valence-electron chi connectivity index (χ4n) is 2.80. The Balaban J connectivity index is 1.69. The van der Waals surface area contributed by atoms with Gasteiger partial charge in [-0.15, -0.1) is 0 Å². The van der Waals surface area contributed by atoms with Gasteiger partial charge in [0.15, 0.2) is 0 Å². The molecular weight excluding hydrogens is 338 g/mol. The second kappa shape index (κ2) is 8.85. The van der Waals surface area contributed by atoms with Crippen molar-refractivity contribution in [3.8, 4) is 5.75 Å². The molecule has 3 aromatic rings. The summed E-state index contributed by atoms with van der Waals surface area (Å²) in [5.41, 5.74) is 3.11. The summed E-state index contributed by atoms with van der Waals surface area (Å²) < 4.78 is 5.40. The monoisotopic (exact) mass is 361 g/mol. The Hall–Kier alpha value is -3.34. The molecule has 3 rings (SSSR count). The number of carbonyl (C=O) groups excluding carboxylic acids is 1. The van der Waals surface area contributed by atoms with Gasteiger partial charge in [-0.2, -0.15) is 0 Å². The zero-order valence-electron chi connectivity index (χ0n) is 15.6. The van der Waals surface area contributed by atoms with E-state index in [1.54, 1.807) is 12.3 Å². The van der Waals surface area contributed by atoms with Crippen LogP contribution in [-0.4, -0.2) is 24.0 Å². The molecule has 138 valence electrons. The Morgan fingerprint density at radius 2 is 1.70 bits per heavy atom. The van der Waals surface area contributed by atoms with Gasteiger partial charge < -0.3 is 15.0 Å². The molecule has 0 aliphatic carbocycles. The smallest absolute Gasteiger partial charge is 0.274 e. The molecule has 1 amide bonds. The van der Waals surface area contributed by atoms with Crippen LogP contribution in [0.5, 0.6) is 5.75 Å². The van der Waals surface area contributed by atoms with E-state index in [1.165, 1.54) is 0 Å². The molecule has 0 spiro atoms. The first-order valence-corrected chi connectivity index (χ1v) is 9.04. The Morgan fingerprint density at radius 1 is 0.963 bits per heavy atom. The number of rotatable bonds is 7. The number of anilines is 3. The fourth-order valence-corrected chi connectivity index (χ4v) is 2.80. The van der Waals surface area contributed by atoms with Crippen molar-refractivity contribution in [3.63, 3.8) is 0 Å². The van der Waals surface area contributed by atoms with Crippen LogP contribution in [-0.2, 0) is 0 Å². The van der Waals surface area contributed by atoms with Crippen LogP contribution in [0.1, 0.15) is 24.3 Å². The summed E-state index contributed by atoms with van der Waals surface area (Å²) in [6, 6.07) is 21.0. The molecule has 1 aromatic heterocycles. The lowest BCUT2D eigenvalue weighted by Gasteiger charge is -2.22. The first kappa shape index (κ1) is 18.5. The summed E-state index contributed by atoms with van der Waals surface area (Å²) >= 11 is 0. The van der Waals surface area contributed by atoms with E-state index in [1.807, 2.05) is 55.5 Å². The highest BCUT2D eigenvalue weighted by molar-refractivity contribution is 6.03. The Kier molecular flexibility index (Phi) is 6.05. The molecule has 0 saturated carbocycles. The van der Waals surface area contributed by atoms with Crippen molar-refractivity contribution in [3.05, 3.63) is 78.6 Å². The number of hydrogen-bond acceptors (Lipinski definition) is 4. The van der Waals surface area contributed by atoms with E-state index in [2.05, 4.69) is 34.3 Å². The Labute approximate surface area is 159 Å². The topological polar surface area (TPSA) is 54.5 Å². The van der Waals surface area contributed by atoms with Gasteiger partial charge in [0.2, 0.25) is 0 Å². The van der Waals surface area contributed by atoms with Crippen molar-refractivity contribution in [2.24, 2.45) is 0 Å². The lowest BCUT2D eigenvalue weighted by Crippen LogP contribution is -2.17. The molecule has 0 aliphatic heterocycles. The lowest BCUT2D eigenvalue weighted by molar-refractivity contribution is 0.102. The number of hydrogen-bond donors (Lipinski definition) is 1. The van der Waals surface area contributed by atoms with Gasteiger partial charge in [0.1, 0.15) is 11.4 Å². The number of ether oxygens (including phenoxy) is 1. The van der Waals surface area contributed by atoms with E-state index in [9.17, 15) is 4.79 Å². The average molecular weight is 361 g/mol. The summed E-state index contributed by atoms with van der Waals surface area (Å²) in [6.45, 7) is 5.44. The van der Waals surface area contributed by atoms with Crippen LogP contribution in [0.3, 0.4) is 0 Å². The second-order valence-corrected chi connectivity index (χ2v) is 5.89. The molecule has 0 fully saturated rings. The summed E-state index contributed by atoms with van der Waals surface area (Å²) in [7, 11) is 0. The number of nitrogens with one attached hydrogen (secondary N) is 1. The van der Waals surface area contributed by atoms with Crippen molar-refractivity contribution < 1.29 is 9.53 Å². The van der Waals surface area contributed by atoms with Gasteiger partial charge in [0.05, 0.1) is 18.5 Å². The summed E-state index contributed by atoms with van der Waals surface area (Å²) in [5.74, 6) is 0.534. The maximum absolute atomic E-state index is 12.4. The molecule has 1 N–H and O–H groups in total. The van der Waals surface area contributed by atoms with Gasteiger partial charge in [0, 0.05) is 17.9 Å². The molecular formula is C22H23N3O2. The summed E-state index contributed by atoms with van der Waals surface area (Å²) in [5, 5.41) is 2.85. The maximum Gasteiger partial charge on any atom is 0.274 e. The number of carbonyl (C=O) groups is 1. The minimum atomic E-state index is -0.242. The highest BCUT2D eigenvalue weighted by atomic mass is 16.5. The van der Waals surface area contributed by atoms with Crippen molar-refractivity contribution in [2.75, 3.05) is 23.4 Å². The third kappa shape index (κ3) is 4.64. The number of pyridine rings is 1. The zero-order chi connectivity index (χ0) is 19.1. The number of benzene rings is 2. The third-order valence-corrected chi connectivity index (χ3v) is 4.10. The van der Waals surface area contributed by atoms with Crippen molar-refractivity contribution in [1.82, 2.24) is 4.98 Å². The molecule has 0 bridgehead atoms. The molecule has 5 nitrogen and oxygen atoms in total. The van der Waals surface area contributed by atoms with Crippen molar-refractivity contribution in [2.45, 2.75) is 13.8 Å². The van der Waals surface area contributed by atoms with Crippen molar-refractivity contribution >= 4 is 23.0 Å². The van der Waals surface area contributed by atoms with E-state index in [0.717, 1.165) is 23.7 Å². The number of nitrogens with zero attached hydrogens (tertiary/aromatic N) is 2. The molecule has 27 heavy (non-hydrogen) atoms. The molecule has 2 aromatic carbocycles. The predicted octanol–water partition coefficient (Wildman–Crippen LogP) is 4.89. The van der Waals surface area contributed by atoms with Gasteiger partial charge in [-0.1, -0.05) is 18.2 Å². The highest BCUT2D eigenvalue weighted by Gasteiger charge is 2.11. The molecule has 0 saturated heterocycles. The Bertz CT molecular complexity index is 862. The van der Waals surface area contributed by atoms with Crippen LogP contribution in [0.15, 0.2) is 72.9 Å². The van der Waals surface area contributed by atoms with Crippen LogP contribution in [0.4, 0.5) is 17.1 Å². The molecule has 1 heterocycles. The summed E-state index contributed by atoms with van der Waals surface area (Å²) in [4.78, 5) is 18.9. The third-order valence-electron chi connectivity index (χ3n) is 4.10. The lowest BCUT2D eigenvalue weighted by atomic mass is 10.2. The number of para-hydroxylation sites is 1. The first-order chi connectivity index (χ1) is 13.2. The number of aromatic nitrogens is 1. The minimum Gasteiger partial charge on any atom is -0.494 e. The molecule has 5 heteroatoms. The zero-order valence-corrected chi connectivity index (χ0v) is 15.6. The average Bonchev–Trinajstić information content (AvgIpc) is 2.71. The van der Waals surface area contributed by atoms with Crippen molar-refractivity contribution in [1.29, 1.82) is 0 Å².